The molecule has 0 fully saturated rings. The largest absolute Gasteiger partial charge is 0.335 e. The monoisotopic (exact) mass is 466 g/mol. The summed E-state index contributed by atoms with van der Waals surface area (Å²) >= 11 is 7.58. The molecule has 2 aromatic carbocycles. The number of aryl methyl sites for hydroxylation is 1. The van der Waals surface area contributed by atoms with Gasteiger partial charge in [-0.05, 0) is 37.6 Å². The Balaban J connectivity index is 1.52. The van der Waals surface area contributed by atoms with Crippen LogP contribution in [-0.2, 0) is 17.8 Å². The molecule has 2 aromatic heterocycles. The van der Waals surface area contributed by atoms with E-state index >= 15 is 0 Å². The van der Waals surface area contributed by atoms with E-state index in [9.17, 15) is 9.59 Å². The molecule has 0 bridgehead atoms. The van der Waals surface area contributed by atoms with E-state index in [1.54, 1.807) is 23.1 Å². The lowest BCUT2D eigenvalue weighted by molar-refractivity contribution is -0.131. The van der Waals surface area contributed by atoms with Crippen molar-refractivity contribution in [2.45, 2.75) is 33.2 Å². The third-order valence-corrected chi connectivity index (χ3v) is 6.23. The highest BCUT2D eigenvalue weighted by Crippen LogP contribution is 2.25. The molecule has 4 rings (SSSR count). The van der Waals surface area contributed by atoms with Gasteiger partial charge in [0.25, 0.3) is 5.56 Å². The van der Waals surface area contributed by atoms with Crippen molar-refractivity contribution in [3.63, 3.8) is 0 Å². The topological polar surface area (TPSA) is 79.0 Å². The second-order valence-corrected chi connectivity index (χ2v) is 8.97. The summed E-state index contributed by atoms with van der Waals surface area (Å²) in [7, 11) is 0. The van der Waals surface area contributed by atoms with Gasteiger partial charge in [-0.2, -0.15) is 0 Å². The first-order valence-corrected chi connectivity index (χ1v) is 11.7. The lowest BCUT2D eigenvalue weighted by Crippen LogP contribution is -2.34. The standard InChI is InChI=1S/C24H23ClN4O2S/c1-3-9-29(13-21-27-20-11-17(25)7-8-19(20)23(31)28-21)22(30)12-18-14-32-24(26-18)16-6-4-5-15(2)10-16/h4-8,10-11,14H,3,9,12-13H2,1-2H3,(H,27,28,31). The van der Waals surface area contributed by atoms with Crippen LogP contribution in [0.4, 0.5) is 0 Å². The Hall–Kier alpha value is -3.03. The van der Waals surface area contributed by atoms with Gasteiger partial charge in [0.15, 0.2) is 0 Å². The number of hydrogen-bond donors (Lipinski definition) is 1. The molecule has 8 heteroatoms. The van der Waals surface area contributed by atoms with Crippen LogP contribution in [0.15, 0.2) is 52.6 Å². The molecule has 0 unspecified atom stereocenters. The fourth-order valence-electron chi connectivity index (χ4n) is 3.54. The van der Waals surface area contributed by atoms with Crippen LogP contribution in [0.25, 0.3) is 21.5 Å². The minimum absolute atomic E-state index is 0.0539. The SMILES string of the molecule is CCCN(Cc1nc2cc(Cl)ccc2c(=O)[nH]1)C(=O)Cc1csc(-c2cccc(C)c2)n1. The summed E-state index contributed by atoms with van der Waals surface area (Å²) in [5, 5.41) is 3.81. The van der Waals surface area contributed by atoms with E-state index in [2.05, 4.69) is 21.0 Å². The number of hydrogen-bond acceptors (Lipinski definition) is 5. The molecule has 0 spiro atoms. The summed E-state index contributed by atoms with van der Waals surface area (Å²) in [4.78, 5) is 39.2. The molecule has 164 valence electrons. The smallest absolute Gasteiger partial charge is 0.258 e. The third kappa shape index (κ3) is 5.06. The van der Waals surface area contributed by atoms with Crippen molar-refractivity contribution in [1.82, 2.24) is 19.9 Å². The molecule has 4 aromatic rings. The second kappa shape index (κ2) is 9.63. The number of carbonyl (C=O) groups is 1. The van der Waals surface area contributed by atoms with Crippen LogP contribution in [0.1, 0.15) is 30.4 Å². The fraction of sp³-hybridized carbons (Fsp3) is 0.250. The van der Waals surface area contributed by atoms with Crippen molar-refractivity contribution in [3.05, 3.63) is 80.3 Å². The van der Waals surface area contributed by atoms with Crippen LogP contribution in [0.5, 0.6) is 0 Å². The van der Waals surface area contributed by atoms with Gasteiger partial charge in [0.05, 0.1) is 29.6 Å². The summed E-state index contributed by atoms with van der Waals surface area (Å²) in [6, 6.07) is 13.1. The Kier molecular flexibility index (Phi) is 6.67. The highest BCUT2D eigenvalue weighted by Gasteiger charge is 2.18. The van der Waals surface area contributed by atoms with Crippen LogP contribution < -0.4 is 5.56 Å². The molecular weight excluding hydrogens is 444 g/mol. The van der Waals surface area contributed by atoms with E-state index in [1.807, 2.05) is 37.4 Å². The lowest BCUT2D eigenvalue weighted by atomic mass is 10.1. The minimum atomic E-state index is -0.243. The summed E-state index contributed by atoms with van der Waals surface area (Å²) in [6.07, 6.45) is 0.993. The molecule has 0 aliphatic heterocycles. The predicted molar refractivity (Wildman–Crippen MR) is 129 cm³/mol. The highest BCUT2D eigenvalue weighted by atomic mass is 35.5. The highest BCUT2D eigenvalue weighted by molar-refractivity contribution is 7.13. The maximum Gasteiger partial charge on any atom is 0.258 e. The van der Waals surface area contributed by atoms with E-state index in [0.717, 1.165) is 22.7 Å². The van der Waals surface area contributed by atoms with Gasteiger partial charge >= 0.3 is 0 Å². The molecule has 2 heterocycles. The van der Waals surface area contributed by atoms with E-state index in [-0.39, 0.29) is 24.4 Å². The van der Waals surface area contributed by atoms with Gasteiger partial charge in [-0.3, -0.25) is 9.59 Å². The van der Waals surface area contributed by atoms with E-state index in [0.29, 0.717) is 28.3 Å². The van der Waals surface area contributed by atoms with Crippen LogP contribution in [0.2, 0.25) is 5.02 Å². The molecule has 32 heavy (non-hydrogen) atoms. The number of nitrogens with one attached hydrogen (secondary N) is 1. The number of H-pyrrole nitrogens is 1. The number of rotatable bonds is 7. The zero-order chi connectivity index (χ0) is 22.7. The maximum absolute atomic E-state index is 13.1. The molecule has 0 saturated heterocycles. The molecule has 0 aliphatic rings. The summed E-state index contributed by atoms with van der Waals surface area (Å²) in [6.45, 7) is 4.84. The van der Waals surface area contributed by atoms with E-state index < -0.39 is 0 Å². The number of fused-ring (bicyclic) bond motifs is 1. The second-order valence-electron chi connectivity index (χ2n) is 7.68. The molecular formula is C24H23ClN4O2S. The minimum Gasteiger partial charge on any atom is -0.335 e. The van der Waals surface area contributed by atoms with Crippen LogP contribution >= 0.6 is 22.9 Å². The van der Waals surface area contributed by atoms with Crippen molar-refractivity contribution >= 4 is 39.7 Å². The Morgan fingerprint density at radius 3 is 2.81 bits per heavy atom. The predicted octanol–water partition coefficient (Wildman–Crippen LogP) is 4.99. The Labute approximate surface area is 194 Å². The van der Waals surface area contributed by atoms with E-state index in [1.165, 1.54) is 16.9 Å². The van der Waals surface area contributed by atoms with Gasteiger partial charge in [-0.25, -0.2) is 9.97 Å². The summed E-state index contributed by atoms with van der Waals surface area (Å²) < 4.78 is 0. The number of carbonyl (C=O) groups excluding carboxylic acids is 1. The number of aromatic nitrogens is 3. The first-order valence-electron chi connectivity index (χ1n) is 10.4. The van der Waals surface area contributed by atoms with Gasteiger partial charge in [0, 0.05) is 22.5 Å². The average Bonchev–Trinajstić information content (AvgIpc) is 3.21. The van der Waals surface area contributed by atoms with Gasteiger partial charge in [0.1, 0.15) is 10.8 Å². The number of benzene rings is 2. The van der Waals surface area contributed by atoms with E-state index in [4.69, 9.17) is 11.6 Å². The first-order chi connectivity index (χ1) is 15.4. The number of thiazole rings is 1. The number of aromatic amines is 1. The van der Waals surface area contributed by atoms with Crippen molar-refractivity contribution in [2.75, 3.05) is 6.54 Å². The summed E-state index contributed by atoms with van der Waals surface area (Å²) in [5.74, 6) is 0.382. The van der Waals surface area contributed by atoms with Crippen molar-refractivity contribution in [1.29, 1.82) is 0 Å². The zero-order valence-electron chi connectivity index (χ0n) is 17.9. The van der Waals surface area contributed by atoms with Crippen molar-refractivity contribution in [2.24, 2.45) is 0 Å². The first kappa shape index (κ1) is 22.2. The quantitative estimate of drug-likeness (QED) is 0.416. The number of amides is 1. The molecule has 0 saturated carbocycles. The Morgan fingerprint density at radius 1 is 1.19 bits per heavy atom. The third-order valence-electron chi connectivity index (χ3n) is 5.05. The summed E-state index contributed by atoms with van der Waals surface area (Å²) in [5.41, 5.74) is 3.23. The molecule has 0 atom stereocenters. The molecule has 0 radical (unpaired) electrons. The van der Waals surface area contributed by atoms with Gasteiger partial charge in [-0.1, -0.05) is 42.3 Å². The fourth-order valence-corrected chi connectivity index (χ4v) is 4.53. The number of nitrogens with zero attached hydrogens (tertiary/aromatic N) is 3. The van der Waals surface area contributed by atoms with Crippen LogP contribution in [-0.4, -0.2) is 32.3 Å². The normalized spacial score (nSPS) is 11.1. The van der Waals surface area contributed by atoms with Crippen molar-refractivity contribution in [3.8, 4) is 10.6 Å². The zero-order valence-corrected chi connectivity index (χ0v) is 19.5. The Morgan fingerprint density at radius 2 is 2.03 bits per heavy atom. The van der Waals surface area contributed by atoms with Gasteiger partial charge < -0.3 is 9.88 Å². The lowest BCUT2D eigenvalue weighted by Gasteiger charge is -2.21. The average molecular weight is 467 g/mol. The van der Waals surface area contributed by atoms with Gasteiger partial charge in [0.2, 0.25) is 5.91 Å². The van der Waals surface area contributed by atoms with Crippen LogP contribution in [0, 0.1) is 6.92 Å². The molecule has 1 amide bonds. The van der Waals surface area contributed by atoms with Crippen molar-refractivity contribution < 1.29 is 4.79 Å². The number of halogens is 1. The molecule has 1 N–H and O–H groups in total. The van der Waals surface area contributed by atoms with Gasteiger partial charge in [-0.15, -0.1) is 11.3 Å². The molecule has 6 nitrogen and oxygen atoms in total. The van der Waals surface area contributed by atoms with Crippen LogP contribution in [0.3, 0.4) is 0 Å². The molecule has 0 aliphatic carbocycles. The maximum atomic E-state index is 13.1. The Bertz CT molecular complexity index is 1330.